The molecule has 4 N–H and O–H groups in total. The number of Topliss-reactive ketones (excluding diaryl/α,β-unsaturated/α-hetero) is 1. The Hall–Kier alpha value is -3.83. The highest BCUT2D eigenvalue weighted by atomic mass is 16.2. The molecule has 0 bridgehead atoms. The fourth-order valence-corrected chi connectivity index (χ4v) is 8.10. The second-order valence-electron chi connectivity index (χ2n) is 16.0. The van der Waals surface area contributed by atoms with Gasteiger partial charge in [0.2, 0.25) is 23.5 Å². The number of carbonyl (C=O) groups excluding carboxylic acids is 6. The summed E-state index contributed by atoms with van der Waals surface area (Å²) in [6, 6.07) is -0.590. The van der Waals surface area contributed by atoms with E-state index in [-0.39, 0.29) is 35.7 Å². The van der Waals surface area contributed by atoms with Crippen molar-refractivity contribution in [3.63, 3.8) is 0 Å². The van der Waals surface area contributed by atoms with E-state index in [0.717, 1.165) is 70.6 Å². The third-order valence-corrected chi connectivity index (χ3v) is 11.0. The minimum atomic E-state index is -0.982. The zero-order chi connectivity index (χ0) is 36.0. The van der Waals surface area contributed by atoms with E-state index in [2.05, 4.69) is 26.3 Å². The fraction of sp³-hybridized carbons (Fsp3) is 0.711. The first-order valence-electron chi connectivity index (χ1n) is 18.9. The van der Waals surface area contributed by atoms with Crippen LogP contribution in [-0.2, 0) is 24.0 Å². The minimum Gasteiger partial charge on any atom is -0.347 e. The van der Waals surface area contributed by atoms with Crippen molar-refractivity contribution >= 4 is 35.3 Å². The Labute approximate surface area is 296 Å². The van der Waals surface area contributed by atoms with Crippen molar-refractivity contribution in [2.75, 3.05) is 0 Å². The average molecular weight is 693 g/mol. The molecule has 4 fully saturated rings. The number of ketones is 1. The number of aromatic nitrogens is 1. The van der Waals surface area contributed by atoms with Gasteiger partial charge in [-0.3, -0.25) is 33.8 Å². The van der Waals surface area contributed by atoms with Crippen molar-refractivity contribution in [2.45, 2.75) is 154 Å². The maximum Gasteiger partial charge on any atom is 0.289 e. The molecule has 0 aromatic carbocycles. The van der Waals surface area contributed by atoms with Crippen LogP contribution in [0.2, 0.25) is 0 Å². The molecular formula is C38H56N6O6. The average Bonchev–Trinajstić information content (AvgIpc) is 3.84. The molecule has 6 atom stereocenters. The third-order valence-electron chi connectivity index (χ3n) is 11.0. The molecule has 1 saturated heterocycles. The van der Waals surface area contributed by atoms with Crippen LogP contribution in [0.4, 0.5) is 0 Å². The van der Waals surface area contributed by atoms with E-state index in [0.29, 0.717) is 24.8 Å². The summed E-state index contributed by atoms with van der Waals surface area (Å²) in [6.07, 6.45) is 14.2. The second kappa shape index (κ2) is 16.5. The molecule has 0 radical (unpaired) electrons. The van der Waals surface area contributed by atoms with Crippen LogP contribution >= 0.6 is 0 Å². The highest BCUT2D eigenvalue weighted by molar-refractivity contribution is 6.38. The minimum absolute atomic E-state index is 0.0155. The Morgan fingerprint density at radius 2 is 1.52 bits per heavy atom. The molecule has 274 valence electrons. The van der Waals surface area contributed by atoms with Crippen LogP contribution in [0.1, 0.15) is 128 Å². The van der Waals surface area contributed by atoms with Crippen LogP contribution in [0.5, 0.6) is 0 Å². The summed E-state index contributed by atoms with van der Waals surface area (Å²) in [4.78, 5) is 87.9. The SMILES string of the molecule is CCC[C@H](NC(=O)[C@H]1CC2CCCCC2N1C(=O)[C@@H](NC(=O)[C@@H](NC(=O)c1ccncc1)C1CCCCC1)C(C)(C)C)C(=O)C(=O)NC1CC1. The van der Waals surface area contributed by atoms with E-state index < -0.39 is 53.1 Å². The highest BCUT2D eigenvalue weighted by Gasteiger charge is 2.51. The molecule has 3 aliphatic carbocycles. The lowest BCUT2D eigenvalue weighted by molar-refractivity contribution is -0.147. The number of likely N-dealkylation sites (tertiary alicyclic amines) is 1. The van der Waals surface area contributed by atoms with Crippen molar-refractivity contribution in [3.05, 3.63) is 30.1 Å². The lowest BCUT2D eigenvalue weighted by Crippen LogP contribution is -2.63. The van der Waals surface area contributed by atoms with Gasteiger partial charge in [-0.1, -0.05) is 66.2 Å². The monoisotopic (exact) mass is 692 g/mol. The van der Waals surface area contributed by atoms with Gasteiger partial charge in [-0.25, -0.2) is 0 Å². The number of carbonyl (C=O) groups is 6. The molecule has 12 nitrogen and oxygen atoms in total. The predicted molar refractivity (Wildman–Crippen MR) is 187 cm³/mol. The first-order chi connectivity index (χ1) is 23.9. The van der Waals surface area contributed by atoms with Crippen LogP contribution in [0, 0.1) is 17.3 Å². The fourth-order valence-electron chi connectivity index (χ4n) is 8.10. The Balaban J connectivity index is 1.38. The molecule has 12 heteroatoms. The molecular weight excluding hydrogens is 636 g/mol. The lowest BCUT2D eigenvalue weighted by atomic mass is 9.81. The van der Waals surface area contributed by atoms with Gasteiger partial charge < -0.3 is 26.2 Å². The molecule has 3 saturated carbocycles. The van der Waals surface area contributed by atoms with Crippen LogP contribution in [0.3, 0.4) is 0 Å². The normalized spacial score (nSPS) is 24.2. The first kappa shape index (κ1) is 37.4. The summed E-state index contributed by atoms with van der Waals surface area (Å²) >= 11 is 0. The molecule has 50 heavy (non-hydrogen) atoms. The van der Waals surface area contributed by atoms with Crippen molar-refractivity contribution < 1.29 is 28.8 Å². The standard InChI is InChI=1S/C38H56N6O6/c1-5-11-27(31(45)36(49)40-26-16-17-26)41-34(47)29-22-25-14-9-10-15-28(25)44(29)37(50)32(38(2,3)4)43-35(48)30(23-12-7-6-8-13-23)42-33(46)24-18-20-39-21-19-24/h18-21,23,25-30,32H,5-17,22H2,1-4H3,(H,40,49)(H,41,47)(H,42,46)(H,43,48)/t25?,27-,28?,29+,30-,32+/m0/s1. The summed E-state index contributed by atoms with van der Waals surface area (Å²) in [5.41, 5.74) is -0.329. The summed E-state index contributed by atoms with van der Waals surface area (Å²) < 4.78 is 0. The van der Waals surface area contributed by atoms with Gasteiger partial charge >= 0.3 is 0 Å². The molecule has 5 amide bonds. The van der Waals surface area contributed by atoms with Gasteiger partial charge in [0, 0.05) is 30.0 Å². The van der Waals surface area contributed by atoms with Gasteiger partial charge in [0.05, 0.1) is 6.04 Å². The molecule has 1 aromatic heterocycles. The van der Waals surface area contributed by atoms with Crippen LogP contribution in [-0.4, -0.2) is 81.5 Å². The van der Waals surface area contributed by atoms with E-state index >= 15 is 0 Å². The van der Waals surface area contributed by atoms with E-state index in [1.165, 1.54) is 12.4 Å². The molecule has 1 aromatic rings. The number of pyridine rings is 1. The second-order valence-corrected chi connectivity index (χ2v) is 16.0. The van der Waals surface area contributed by atoms with Crippen molar-refractivity contribution in [1.82, 2.24) is 31.2 Å². The van der Waals surface area contributed by atoms with E-state index in [4.69, 9.17) is 0 Å². The molecule has 2 unspecified atom stereocenters. The molecule has 4 aliphatic rings. The zero-order valence-electron chi connectivity index (χ0n) is 30.2. The quantitative estimate of drug-likeness (QED) is 0.229. The number of fused-ring (bicyclic) bond motifs is 1. The van der Waals surface area contributed by atoms with E-state index in [1.807, 2.05) is 27.7 Å². The van der Waals surface area contributed by atoms with Crippen molar-refractivity contribution in [3.8, 4) is 0 Å². The third kappa shape index (κ3) is 9.09. The number of amides is 5. The smallest absolute Gasteiger partial charge is 0.289 e. The first-order valence-corrected chi connectivity index (χ1v) is 18.9. The Morgan fingerprint density at radius 3 is 2.16 bits per heavy atom. The van der Waals surface area contributed by atoms with Gasteiger partial charge in [0.25, 0.3) is 11.8 Å². The number of nitrogens with one attached hydrogen (secondary N) is 4. The maximum atomic E-state index is 14.8. The largest absolute Gasteiger partial charge is 0.347 e. The zero-order valence-corrected chi connectivity index (χ0v) is 30.2. The Morgan fingerprint density at radius 1 is 0.860 bits per heavy atom. The van der Waals surface area contributed by atoms with Gasteiger partial charge in [-0.15, -0.1) is 0 Å². The molecule has 1 aliphatic heterocycles. The van der Waals surface area contributed by atoms with Gasteiger partial charge in [-0.2, -0.15) is 0 Å². The maximum absolute atomic E-state index is 14.8. The molecule has 0 spiro atoms. The van der Waals surface area contributed by atoms with E-state index in [9.17, 15) is 28.8 Å². The van der Waals surface area contributed by atoms with Gasteiger partial charge in [0.15, 0.2) is 0 Å². The number of rotatable bonds is 13. The van der Waals surface area contributed by atoms with Gasteiger partial charge in [0.1, 0.15) is 18.1 Å². The van der Waals surface area contributed by atoms with Crippen LogP contribution < -0.4 is 21.3 Å². The Kier molecular flexibility index (Phi) is 12.3. The van der Waals surface area contributed by atoms with Crippen molar-refractivity contribution in [2.24, 2.45) is 17.3 Å². The number of hydrogen-bond donors (Lipinski definition) is 4. The van der Waals surface area contributed by atoms with Crippen LogP contribution in [0.25, 0.3) is 0 Å². The summed E-state index contributed by atoms with van der Waals surface area (Å²) in [6.45, 7) is 7.55. The summed E-state index contributed by atoms with van der Waals surface area (Å²) in [5, 5.41) is 11.6. The van der Waals surface area contributed by atoms with Crippen LogP contribution in [0.15, 0.2) is 24.5 Å². The highest BCUT2D eigenvalue weighted by Crippen LogP contribution is 2.41. The van der Waals surface area contributed by atoms with Crippen molar-refractivity contribution in [1.29, 1.82) is 0 Å². The van der Waals surface area contributed by atoms with Gasteiger partial charge in [-0.05, 0) is 80.8 Å². The van der Waals surface area contributed by atoms with E-state index in [1.54, 1.807) is 17.0 Å². The molecule has 5 rings (SSSR count). The topological polar surface area (TPSA) is 167 Å². The predicted octanol–water partition coefficient (Wildman–Crippen LogP) is 3.58. The summed E-state index contributed by atoms with van der Waals surface area (Å²) in [5.74, 6) is -2.88. The lowest BCUT2D eigenvalue weighted by Gasteiger charge is -2.40. The molecule has 2 heterocycles. The number of hydrogen-bond acceptors (Lipinski definition) is 7. The Bertz CT molecular complexity index is 1400. The number of nitrogens with zero attached hydrogens (tertiary/aromatic N) is 2. The summed E-state index contributed by atoms with van der Waals surface area (Å²) in [7, 11) is 0.